The first-order valence-electron chi connectivity index (χ1n) is 7.09. The van der Waals surface area contributed by atoms with Crippen LogP contribution >= 0.6 is 0 Å². The van der Waals surface area contributed by atoms with Crippen LogP contribution in [0.15, 0.2) is 34.2 Å². The van der Waals surface area contributed by atoms with Crippen LogP contribution in [0.5, 0.6) is 0 Å². The molecule has 1 aromatic carbocycles. The molecule has 0 aliphatic rings. The summed E-state index contributed by atoms with van der Waals surface area (Å²) in [4.78, 5) is 13.9. The van der Waals surface area contributed by atoms with E-state index in [2.05, 4.69) is 20.3 Å². The maximum atomic E-state index is 12.1. The standard InChI is InChI=1S/C13H21N5O4S/c1-3-7-15-13(14-2)16-8-9-17-23(21,22)12-6-4-5-11(10-12)18(19)20/h4-6,10,17H,3,7-9H2,1-2H3,(H2,14,15,16). The molecule has 23 heavy (non-hydrogen) atoms. The van der Waals surface area contributed by atoms with Crippen LogP contribution in [0.4, 0.5) is 5.69 Å². The van der Waals surface area contributed by atoms with E-state index in [4.69, 9.17) is 0 Å². The summed E-state index contributed by atoms with van der Waals surface area (Å²) in [6, 6.07) is 4.91. The predicted octanol–water partition coefficient (Wildman–Crippen LogP) is 0.448. The van der Waals surface area contributed by atoms with Gasteiger partial charge in [-0.05, 0) is 12.5 Å². The van der Waals surface area contributed by atoms with Crippen molar-refractivity contribution in [3.8, 4) is 0 Å². The van der Waals surface area contributed by atoms with Crippen LogP contribution in [0.3, 0.4) is 0 Å². The zero-order valence-electron chi connectivity index (χ0n) is 13.1. The minimum Gasteiger partial charge on any atom is -0.356 e. The number of nitro groups is 1. The van der Waals surface area contributed by atoms with E-state index in [9.17, 15) is 18.5 Å². The fourth-order valence-electron chi connectivity index (χ4n) is 1.68. The molecule has 1 aromatic rings. The summed E-state index contributed by atoms with van der Waals surface area (Å²) in [6.45, 7) is 3.24. The average Bonchev–Trinajstić information content (AvgIpc) is 2.54. The van der Waals surface area contributed by atoms with Gasteiger partial charge in [-0.1, -0.05) is 13.0 Å². The zero-order chi connectivity index (χ0) is 17.3. The van der Waals surface area contributed by atoms with Crippen molar-refractivity contribution in [3.05, 3.63) is 34.4 Å². The Bertz CT molecular complexity index is 660. The molecule has 0 atom stereocenters. The molecule has 9 nitrogen and oxygen atoms in total. The fraction of sp³-hybridized carbons (Fsp3) is 0.462. The minimum absolute atomic E-state index is 0.123. The topological polar surface area (TPSA) is 126 Å². The molecule has 0 aromatic heterocycles. The highest BCUT2D eigenvalue weighted by molar-refractivity contribution is 7.89. The number of nitrogens with zero attached hydrogens (tertiary/aromatic N) is 2. The zero-order valence-corrected chi connectivity index (χ0v) is 13.9. The number of guanidine groups is 1. The second-order valence-corrected chi connectivity index (χ2v) is 6.34. The first kappa shape index (κ1) is 18.8. The van der Waals surface area contributed by atoms with E-state index in [1.807, 2.05) is 6.92 Å². The van der Waals surface area contributed by atoms with Crippen molar-refractivity contribution in [3.63, 3.8) is 0 Å². The van der Waals surface area contributed by atoms with Gasteiger partial charge in [0.15, 0.2) is 5.96 Å². The van der Waals surface area contributed by atoms with Gasteiger partial charge < -0.3 is 10.6 Å². The summed E-state index contributed by atoms with van der Waals surface area (Å²) in [5.74, 6) is 0.585. The Kier molecular flexibility index (Phi) is 7.42. The van der Waals surface area contributed by atoms with Crippen molar-refractivity contribution >= 4 is 21.7 Å². The third-order valence-corrected chi connectivity index (χ3v) is 4.27. The molecule has 0 radical (unpaired) electrons. The highest BCUT2D eigenvalue weighted by Crippen LogP contribution is 2.16. The summed E-state index contributed by atoms with van der Waals surface area (Å²) < 4.78 is 26.6. The van der Waals surface area contributed by atoms with Crippen molar-refractivity contribution in [1.82, 2.24) is 15.4 Å². The van der Waals surface area contributed by atoms with Crippen molar-refractivity contribution in [2.75, 3.05) is 26.7 Å². The molecule has 1 rings (SSSR count). The van der Waals surface area contributed by atoms with Gasteiger partial charge in [0.2, 0.25) is 10.0 Å². The monoisotopic (exact) mass is 343 g/mol. The number of hydrogen-bond donors (Lipinski definition) is 3. The Morgan fingerprint density at radius 2 is 1.96 bits per heavy atom. The molecule has 0 spiro atoms. The number of hydrogen-bond acceptors (Lipinski definition) is 5. The summed E-state index contributed by atoms with van der Waals surface area (Å²) in [5, 5.41) is 16.7. The van der Waals surface area contributed by atoms with Gasteiger partial charge in [0.1, 0.15) is 0 Å². The lowest BCUT2D eigenvalue weighted by molar-refractivity contribution is -0.385. The lowest BCUT2D eigenvalue weighted by Gasteiger charge is -2.11. The number of aliphatic imine (C=N–C) groups is 1. The normalized spacial score (nSPS) is 12.0. The molecule has 0 unspecified atom stereocenters. The van der Waals surface area contributed by atoms with E-state index in [0.29, 0.717) is 12.5 Å². The highest BCUT2D eigenvalue weighted by Gasteiger charge is 2.16. The van der Waals surface area contributed by atoms with Crippen LogP contribution < -0.4 is 15.4 Å². The molecule has 3 N–H and O–H groups in total. The first-order chi connectivity index (χ1) is 10.9. The number of rotatable bonds is 8. The second-order valence-electron chi connectivity index (χ2n) is 4.58. The Hall–Kier alpha value is -2.20. The van der Waals surface area contributed by atoms with E-state index >= 15 is 0 Å². The van der Waals surface area contributed by atoms with E-state index < -0.39 is 14.9 Å². The molecule has 0 amide bonds. The molecule has 0 aliphatic carbocycles. The van der Waals surface area contributed by atoms with Gasteiger partial charge >= 0.3 is 0 Å². The SMILES string of the molecule is CCCNC(=NC)NCCNS(=O)(=O)c1cccc([N+](=O)[O-])c1. The minimum atomic E-state index is -3.79. The smallest absolute Gasteiger partial charge is 0.270 e. The van der Waals surface area contributed by atoms with Gasteiger partial charge in [0, 0.05) is 38.8 Å². The maximum absolute atomic E-state index is 12.1. The maximum Gasteiger partial charge on any atom is 0.270 e. The molecule has 128 valence electrons. The third kappa shape index (κ3) is 6.20. The van der Waals surface area contributed by atoms with Crippen molar-refractivity contribution in [1.29, 1.82) is 0 Å². The molecular weight excluding hydrogens is 322 g/mol. The van der Waals surface area contributed by atoms with Gasteiger partial charge in [-0.3, -0.25) is 15.1 Å². The van der Waals surface area contributed by atoms with Crippen LogP contribution in [-0.2, 0) is 10.0 Å². The molecule has 10 heteroatoms. The average molecular weight is 343 g/mol. The van der Waals surface area contributed by atoms with E-state index in [-0.39, 0.29) is 17.1 Å². The van der Waals surface area contributed by atoms with Crippen molar-refractivity contribution < 1.29 is 13.3 Å². The van der Waals surface area contributed by atoms with Crippen molar-refractivity contribution in [2.45, 2.75) is 18.2 Å². The third-order valence-electron chi connectivity index (χ3n) is 2.81. The van der Waals surface area contributed by atoms with Gasteiger partial charge in [-0.2, -0.15) is 0 Å². The lowest BCUT2D eigenvalue weighted by atomic mass is 10.3. The molecule has 0 aliphatic heterocycles. The second kappa shape index (κ2) is 9.06. The fourth-order valence-corrected chi connectivity index (χ4v) is 2.75. The van der Waals surface area contributed by atoms with Crippen LogP contribution in [0.2, 0.25) is 0 Å². The Labute approximate surface area is 135 Å². The Morgan fingerprint density at radius 1 is 1.26 bits per heavy atom. The van der Waals surface area contributed by atoms with Crippen LogP contribution in [0.25, 0.3) is 0 Å². The first-order valence-corrected chi connectivity index (χ1v) is 8.57. The van der Waals surface area contributed by atoms with E-state index in [1.165, 1.54) is 18.2 Å². The molecule has 0 heterocycles. The molecule has 0 saturated carbocycles. The summed E-state index contributed by atoms with van der Waals surface area (Å²) in [7, 11) is -2.17. The van der Waals surface area contributed by atoms with Gasteiger partial charge in [-0.15, -0.1) is 0 Å². The molecule has 0 saturated heterocycles. The van der Waals surface area contributed by atoms with Crippen LogP contribution in [0, 0.1) is 10.1 Å². The highest BCUT2D eigenvalue weighted by atomic mass is 32.2. The predicted molar refractivity (Wildman–Crippen MR) is 87.9 cm³/mol. The Balaban J connectivity index is 2.56. The quantitative estimate of drug-likeness (QED) is 0.207. The summed E-state index contributed by atoms with van der Waals surface area (Å²) >= 11 is 0. The van der Waals surface area contributed by atoms with E-state index in [1.54, 1.807) is 7.05 Å². The number of sulfonamides is 1. The van der Waals surface area contributed by atoms with Gasteiger partial charge in [0.25, 0.3) is 5.69 Å². The summed E-state index contributed by atoms with van der Waals surface area (Å²) in [5.41, 5.74) is -0.268. The number of benzene rings is 1. The van der Waals surface area contributed by atoms with Crippen LogP contribution in [0.1, 0.15) is 13.3 Å². The van der Waals surface area contributed by atoms with Gasteiger partial charge in [-0.25, -0.2) is 13.1 Å². The Morgan fingerprint density at radius 3 is 2.57 bits per heavy atom. The molecule has 0 fully saturated rings. The number of non-ortho nitro benzene ring substituents is 1. The molecular formula is C13H21N5O4S. The van der Waals surface area contributed by atoms with E-state index in [0.717, 1.165) is 19.0 Å². The van der Waals surface area contributed by atoms with Gasteiger partial charge in [0.05, 0.1) is 9.82 Å². The summed E-state index contributed by atoms with van der Waals surface area (Å²) in [6.07, 6.45) is 0.945. The lowest BCUT2D eigenvalue weighted by Crippen LogP contribution is -2.41. The largest absolute Gasteiger partial charge is 0.356 e. The van der Waals surface area contributed by atoms with Crippen LogP contribution in [-0.4, -0.2) is 46.0 Å². The number of nitrogens with one attached hydrogen (secondary N) is 3. The number of nitro benzene ring substituents is 1. The molecule has 0 bridgehead atoms. The van der Waals surface area contributed by atoms with Crippen molar-refractivity contribution in [2.24, 2.45) is 4.99 Å².